The molecule has 2 heterocycles. The smallest absolute Gasteiger partial charge is 0.410 e. The number of amides is 1. The van der Waals surface area contributed by atoms with Crippen LogP contribution in [0.15, 0.2) is 24.3 Å². The molecule has 1 aromatic heterocycles. The van der Waals surface area contributed by atoms with Crippen molar-refractivity contribution >= 4 is 20.1 Å². The zero-order valence-electron chi connectivity index (χ0n) is 25.9. The van der Waals surface area contributed by atoms with E-state index in [-0.39, 0.29) is 18.7 Å². The fourth-order valence-corrected chi connectivity index (χ4v) is 5.98. The SMILES string of the molecule is CCCC(C(=O)O)[C@H](Cc1ccc(C2CCN(C(=O)OC(C)(C)C)CC2)cc1)c1nnnn1COCC[Si](C)(C)C. The second kappa shape index (κ2) is 14.4. The first-order valence-electron chi connectivity index (χ1n) is 14.9. The van der Waals surface area contributed by atoms with E-state index in [9.17, 15) is 14.7 Å². The van der Waals surface area contributed by atoms with Gasteiger partial charge in [-0.25, -0.2) is 9.48 Å². The largest absolute Gasteiger partial charge is 0.481 e. The summed E-state index contributed by atoms with van der Waals surface area (Å²) >= 11 is 0. The Hall–Kier alpha value is -2.79. The Morgan fingerprint density at radius 3 is 2.34 bits per heavy atom. The first-order valence-corrected chi connectivity index (χ1v) is 18.6. The number of benzene rings is 1. The second-order valence-electron chi connectivity index (χ2n) is 13.4. The van der Waals surface area contributed by atoms with Gasteiger partial charge in [-0.15, -0.1) is 5.10 Å². The van der Waals surface area contributed by atoms with Crippen LogP contribution in [0.3, 0.4) is 0 Å². The molecule has 2 aromatic rings. The number of ether oxygens (including phenoxy) is 2. The van der Waals surface area contributed by atoms with E-state index < -0.39 is 25.6 Å². The molecular formula is C30H49N5O5Si. The molecule has 1 fully saturated rings. The molecule has 0 radical (unpaired) electrons. The average Bonchev–Trinajstić information content (AvgIpc) is 3.36. The molecule has 41 heavy (non-hydrogen) atoms. The van der Waals surface area contributed by atoms with Gasteiger partial charge in [0.15, 0.2) is 5.82 Å². The molecule has 0 spiro atoms. The molecule has 1 aliphatic heterocycles. The number of carbonyl (C=O) groups is 2. The molecule has 1 aromatic carbocycles. The van der Waals surface area contributed by atoms with Gasteiger partial charge in [-0.2, -0.15) is 0 Å². The van der Waals surface area contributed by atoms with Gasteiger partial charge in [0.25, 0.3) is 0 Å². The molecule has 228 valence electrons. The zero-order valence-corrected chi connectivity index (χ0v) is 26.9. The lowest BCUT2D eigenvalue weighted by Crippen LogP contribution is -2.41. The number of hydrogen-bond acceptors (Lipinski definition) is 7. The van der Waals surface area contributed by atoms with E-state index in [1.54, 1.807) is 9.58 Å². The Morgan fingerprint density at radius 2 is 1.78 bits per heavy atom. The van der Waals surface area contributed by atoms with Crippen LogP contribution in [0.25, 0.3) is 0 Å². The lowest BCUT2D eigenvalue weighted by atomic mass is 9.82. The van der Waals surface area contributed by atoms with Crippen molar-refractivity contribution in [2.75, 3.05) is 19.7 Å². The molecule has 11 heteroatoms. The Bertz CT molecular complexity index is 1120. The predicted molar refractivity (Wildman–Crippen MR) is 161 cm³/mol. The number of aliphatic carboxylic acids is 1. The lowest BCUT2D eigenvalue weighted by molar-refractivity contribution is -0.143. The monoisotopic (exact) mass is 587 g/mol. The summed E-state index contributed by atoms with van der Waals surface area (Å²) in [5.41, 5.74) is 1.78. The number of hydrogen-bond donors (Lipinski definition) is 1. The number of aromatic nitrogens is 4. The van der Waals surface area contributed by atoms with E-state index in [0.717, 1.165) is 30.9 Å². The van der Waals surface area contributed by atoms with Gasteiger partial charge in [0, 0.05) is 33.7 Å². The van der Waals surface area contributed by atoms with Gasteiger partial charge >= 0.3 is 12.1 Å². The molecule has 2 atom stereocenters. The van der Waals surface area contributed by atoms with Crippen LogP contribution in [-0.4, -0.2) is 75.6 Å². The van der Waals surface area contributed by atoms with Gasteiger partial charge in [-0.1, -0.05) is 57.3 Å². The van der Waals surface area contributed by atoms with E-state index >= 15 is 0 Å². The zero-order chi connectivity index (χ0) is 30.2. The Labute approximate surface area is 245 Å². The molecule has 0 bridgehead atoms. The first-order chi connectivity index (χ1) is 19.3. The molecule has 1 unspecified atom stereocenters. The third-order valence-corrected chi connectivity index (χ3v) is 9.26. The van der Waals surface area contributed by atoms with Gasteiger partial charge in [0.2, 0.25) is 0 Å². The van der Waals surface area contributed by atoms with Crippen molar-refractivity contribution in [1.29, 1.82) is 0 Å². The highest BCUT2D eigenvalue weighted by atomic mass is 28.3. The molecule has 1 aliphatic rings. The van der Waals surface area contributed by atoms with Crippen LogP contribution in [0.1, 0.15) is 82.2 Å². The quantitative estimate of drug-likeness (QED) is 0.226. The molecule has 10 nitrogen and oxygen atoms in total. The Kier molecular flexibility index (Phi) is 11.5. The normalized spacial score (nSPS) is 16.4. The van der Waals surface area contributed by atoms with Gasteiger partial charge < -0.3 is 19.5 Å². The predicted octanol–water partition coefficient (Wildman–Crippen LogP) is 5.93. The van der Waals surface area contributed by atoms with E-state index in [1.165, 1.54) is 5.56 Å². The number of rotatable bonds is 13. The second-order valence-corrected chi connectivity index (χ2v) is 19.0. The number of carboxylic acids is 1. The lowest BCUT2D eigenvalue weighted by Gasteiger charge is -2.33. The molecule has 0 saturated carbocycles. The van der Waals surface area contributed by atoms with Gasteiger partial charge in [0.1, 0.15) is 12.3 Å². The number of piperidine rings is 1. The summed E-state index contributed by atoms with van der Waals surface area (Å²) in [6.07, 6.45) is 3.32. The van der Waals surface area contributed by atoms with Crippen LogP contribution in [0.5, 0.6) is 0 Å². The molecule has 1 amide bonds. The van der Waals surface area contributed by atoms with Crippen molar-refractivity contribution in [3.8, 4) is 0 Å². The topological polar surface area (TPSA) is 120 Å². The molecule has 3 rings (SSSR count). The van der Waals surface area contributed by atoms with Gasteiger partial charge in [-0.3, -0.25) is 4.79 Å². The number of tetrazole rings is 1. The first kappa shape index (κ1) is 32.7. The van der Waals surface area contributed by atoms with Crippen LogP contribution in [-0.2, 0) is 27.4 Å². The number of carbonyl (C=O) groups excluding carboxylic acids is 1. The average molecular weight is 588 g/mol. The van der Waals surface area contributed by atoms with Crippen LogP contribution < -0.4 is 0 Å². The summed E-state index contributed by atoms with van der Waals surface area (Å²) in [5, 5.41) is 22.5. The number of carboxylic acid groups (broad SMARTS) is 1. The van der Waals surface area contributed by atoms with Crippen molar-refractivity contribution in [2.45, 2.75) is 110 Å². The highest BCUT2D eigenvalue weighted by molar-refractivity contribution is 6.76. The summed E-state index contributed by atoms with van der Waals surface area (Å²) in [5.74, 6) is -0.905. The maximum Gasteiger partial charge on any atom is 0.410 e. The summed E-state index contributed by atoms with van der Waals surface area (Å²) < 4.78 is 13.0. The van der Waals surface area contributed by atoms with Gasteiger partial charge in [-0.05, 0) is 80.0 Å². The minimum absolute atomic E-state index is 0.211. The van der Waals surface area contributed by atoms with E-state index in [2.05, 4.69) is 59.4 Å². The molecule has 0 aliphatic carbocycles. The maximum atomic E-state index is 12.4. The minimum Gasteiger partial charge on any atom is -0.481 e. The Morgan fingerprint density at radius 1 is 1.12 bits per heavy atom. The summed E-state index contributed by atoms with van der Waals surface area (Å²) in [6.45, 7) is 16.7. The standard InChI is InChI=1S/C30H49N5O5Si/c1-8-9-25(28(36)37)26(27-31-32-33-35(27)21-39-18-19-41(5,6)7)20-22-10-12-23(13-11-22)24-14-16-34(17-15-24)29(38)40-30(2,3)4/h10-13,24-26H,8-9,14-21H2,1-7H3,(H,36,37)/t25?,26-/m0/s1. The fourth-order valence-electron chi connectivity index (χ4n) is 5.22. The number of nitrogens with zero attached hydrogens (tertiary/aromatic N) is 5. The van der Waals surface area contributed by atoms with E-state index in [1.807, 2.05) is 27.7 Å². The third kappa shape index (κ3) is 10.2. The molecular weight excluding hydrogens is 538 g/mol. The molecule has 1 saturated heterocycles. The van der Waals surface area contributed by atoms with Crippen molar-refractivity contribution in [3.63, 3.8) is 0 Å². The maximum absolute atomic E-state index is 12.4. The summed E-state index contributed by atoms with van der Waals surface area (Å²) in [6, 6.07) is 9.49. The van der Waals surface area contributed by atoms with Crippen LogP contribution in [0.2, 0.25) is 25.7 Å². The minimum atomic E-state index is -1.23. The fraction of sp³-hybridized carbons (Fsp3) is 0.700. The van der Waals surface area contributed by atoms with Crippen LogP contribution >= 0.6 is 0 Å². The van der Waals surface area contributed by atoms with Crippen molar-refractivity contribution in [2.24, 2.45) is 5.92 Å². The highest BCUT2D eigenvalue weighted by Gasteiger charge is 2.33. The van der Waals surface area contributed by atoms with E-state index in [0.29, 0.717) is 44.3 Å². The molecule has 1 N–H and O–H groups in total. The van der Waals surface area contributed by atoms with Crippen LogP contribution in [0, 0.1) is 5.92 Å². The Balaban J connectivity index is 1.69. The highest BCUT2D eigenvalue weighted by Crippen LogP contribution is 2.33. The number of likely N-dealkylation sites (tertiary alicyclic amines) is 1. The van der Waals surface area contributed by atoms with Crippen molar-refractivity contribution in [3.05, 3.63) is 41.2 Å². The summed E-state index contributed by atoms with van der Waals surface area (Å²) in [4.78, 5) is 26.6. The third-order valence-electron chi connectivity index (χ3n) is 7.56. The van der Waals surface area contributed by atoms with Crippen molar-refractivity contribution in [1.82, 2.24) is 25.1 Å². The van der Waals surface area contributed by atoms with E-state index in [4.69, 9.17) is 9.47 Å². The summed E-state index contributed by atoms with van der Waals surface area (Å²) in [7, 11) is -1.23. The van der Waals surface area contributed by atoms with Gasteiger partial charge in [0.05, 0.1) is 5.92 Å². The van der Waals surface area contributed by atoms with Crippen molar-refractivity contribution < 1.29 is 24.2 Å². The van der Waals surface area contributed by atoms with Crippen LogP contribution in [0.4, 0.5) is 4.79 Å².